The second-order valence-corrected chi connectivity index (χ2v) is 22.6. The molecule has 2 aromatic heterocycles. The van der Waals surface area contributed by atoms with Crippen molar-refractivity contribution >= 4 is 35.3 Å². The molecule has 2 amide bonds. The van der Waals surface area contributed by atoms with Crippen LogP contribution >= 0.6 is 23.5 Å². The Balaban J connectivity index is 0.000000285. The molecule has 2 aliphatic carbocycles. The summed E-state index contributed by atoms with van der Waals surface area (Å²) in [5.41, 5.74) is -17.8. The molecule has 0 radical (unpaired) electrons. The number of carbonyl (C=O) groups is 2. The highest BCUT2D eigenvalue weighted by Crippen LogP contribution is 2.36. The van der Waals surface area contributed by atoms with Crippen molar-refractivity contribution in [2.45, 2.75) is 140 Å². The number of benzene rings is 6. The van der Waals surface area contributed by atoms with E-state index < -0.39 is 236 Å². The Bertz CT molecular complexity index is 5520. The number of alkyl halides is 6. The predicted octanol–water partition coefficient (Wildman–Crippen LogP) is 15.3. The largest absolute Gasteiger partial charge is 0.416 e. The summed E-state index contributed by atoms with van der Waals surface area (Å²) in [5.74, 6) is -5.65. The van der Waals surface area contributed by atoms with Crippen LogP contribution in [-0.2, 0) is 78.4 Å². The highest BCUT2D eigenvalue weighted by molar-refractivity contribution is 7.98. The summed E-state index contributed by atoms with van der Waals surface area (Å²) in [4.78, 5) is 69.0. The summed E-state index contributed by atoms with van der Waals surface area (Å²) < 4.78 is 356. The molecule has 22 heteroatoms. The average molecular weight is 1390 g/mol. The van der Waals surface area contributed by atoms with Gasteiger partial charge in [0.1, 0.15) is 24.6 Å². The van der Waals surface area contributed by atoms with Crippen molar-refractivity contribution < 1.29 is 83.1 Å². The van der Waals surface area contributed by atoms with Crippen molar-refractivity contribution in [2.24, 2.45) is 0 Å². The molecule has 12 nitrogen and oxygen atoms in total. The summed E-state index contributed by atoms with van der Waals surface area (Å²) in [7, 11) is 0. The Labute approximate surface area is 603 Å². The number of aromatic nitrogens is 4. The summed E-state index contributed by atoms with van der Waals surface area (Å²) in [6, 6.07) is -1.17. The standard InChI is InChI=1S/2C37H40F4N4O2S/c1-4-43(5-2)21-22-44(25(3)27-11-13-28(14-12-27)29-15-17-30(18-16-29)37(39,40)41)34(46)23-45-33-8-6-7-32(33)35(47)42-36(45)48-24-26-9-19-31(38)20-10-26;1-4-43(5-2)19-20-44(22-26-9-13-28(14-10-26)29-15-18-32(25(3)21-29)37(39,40)41)34(46)23-45-33-8-6-7-31(33)35(47)42-36(45)48-24-27-11-16-30(38)17-12-27/h9-20,25H,4-8,21-24H2,1-3H3;9-18,21H,4-8,19-20,22-24H2,1-3H3/i9D,10D,19D,20D,23D2,24D2,25D;6D2,7D2,8D2,9D,10D,13D,14D,15D,18D,21D,22D2,23D2,24D2. The zero-order valence-corrected chi connectivity index (χ0v) is 53.9. The monoisotopic (exact) mass is 1390 g/mol. The zero-order chi connectivity index (χ0) is 93.7. The molecule has 0 N–H and O–H groups in total. The van der Waals surface area contributed by atoms with Crippen molar-refractivity contribution in [1.29, 1.82) is 0 Å². The van der Waals surface area contributed by atoms with Gasteiger partial charge in [-0.2, -0.15) is 36.3 Å². The van der Waals surface area contributed by atoms with E-state index in [9.17, 15) is 59.1 Å². The van der Waals surface area contributed by atoms with E-state index >= 15 is 4.79 Å². The SMILES string of the molecule is [2H]c1c([2H])c(C([2H])([2H])N(CCN(CC)CC)C(=O)C([2H])([2H])n2c(SC([2H])([2H])c3ccc(F)cc3)nc(=O)c3c2C([2H])([2H])C([2H])([2H])C3([2H])[2H])c([2H])c([2H])c1-c1c([2H])c([2H])c(C(F)(F)F)c(C)c1[2H].[2H]c1c([2H])c(C([2H])([2H])Sc2nc(=O)c3c(n2C([2H])([2H])C(=O)N(CCN(CC)CC)C([2H])(C)c2ccc(-c4ccc(C(F)(F)F)cc4)cc2)CCC3)c([2H])c([2H])c1F. The van der Waals surface area contributed by atoms with Crippen molar-refractivity contribution in [3.63, 3.8) is 0 Å². The van der Waals surface area contributed by atoms with Crippen LogP contribution in [0.1, 0.15) is 153 Å². The number of carbonyl (C=O) groups excluding carboxylic acids is 2. The fourth-order valence-corrected chi connectivity index (χ4v) is 11.2. The maximum absolute atomic E-state index is 15.1. The minimum Gasteiger partial charge on any atom is -0.336 e. The van der Waals surface area contributed by atoms with Gasteiger partial charge in [0.15, 0.2) is 10.3 Å². The minimum atomic E-state index is -5.23. The third kappa shape index (κ3) is 18.6. The Morgan fingerprint density at radius 2 is 1.15 bits per heavy atom. The van der Waals surface area contributed by atoms with E-state index in [1.165, 1.54) is 31.2 Å². The van der Waals surface area contributed by atoms with Crippen molar-refractivity contribution in [3.05, 3.63) is 233 Å². The van der Waals surface area contributed by atoms with Crippen LogP contribution in [0, 0.1) is 18.6 Å². The fraction of sp³-hybridized carbons (Fsp3) is 0.378. The summed E-state index contributed by atoms with van der Waals surface area (Å²) in [6.45, 7) is -1.32. The average Bonchev–Trinajstić information content (AvgIpc) is 1.51. The molecular formula is C74H80F8N8O4S2. The molecule has 10 rings (SSSR count). The van der Waals surface area contributed by atoms with Crippen LogP contribution in [0.2, 0.25) is 0 Å². The molecule has 96 heavy (non-hydrogen) atoms. The first-order chi connectivity index (χ1) is 56.9. The lowest BCUT2D eigenvalue weighted by Crippen LogP contribution is -2.42. The molecule has 1 atom stereocenters. The number of thioether (sulfide) groups is 2. The number of rotatable bonds is 26. The van der Waals surface area contributed by atoms with Gasteiger partial charge in [-0.25, -0.2) is 8.78 Å². The maximum Gasteiger partial charge on any atom is 0.416 e. The van der Waals surface area contributed by atoms with Gasteiger partial charge in [0, 0.05) is 80.3 Å². The van der Waals surface area contributed by atoms with E-state index in [4.69, 9.17) is 28.8 Å². The van der Waals surface area contributed by atoms with Gasteiger partial charge in [-0.3, -0.25) is 19.2 Å². The van der Waals surface area contributed by atoms with Crippen LogP contribution in [0.3, 0.4) is 0 Å². The highest BCUT2D eigenvalue weighted by Gasteiger charge is 2.34. The molecule has 2 heterocycles. The van der Waals surface area contributed by atoms with E-state index in [1.54, 1.807) is 30.9 Å². The Hall–Kier alpha value is -7.92. The number of amides is 2. The second kappa shape index (κ2) is 32.9. The van der Waals surface area contributed by atoms with Crippen LogP contribution in [0.25, 0.3) is 22.3 Å². The molecule has 508 valence electrons. The summed E-state index contributed by atoms with van der Waals surface area (Å²) >= 11 is -0.0926. The van der Waals surface area contributed by atoms with Crippen LogP contribution in [0.4, 0.5) is 35.1 Å². The minimum absolute atomic E-state index is 0.0570. The van der Waals surface area contributed by atoms with Gasteiger partial charge in [0.25, 0.3) is 11.1 Å². The molecule has 2 aliphatic rings. The Kier molecular flexibility index (Phi) is 14.9. The molecule has 0 aliphatic heterocycles. The predicted molar refractivity (Wildman–Crippen MR) is 363 cm³/mol. The van der Waals surface area contributed by atoms with Gasteiger partial charge in [0.2, 0.25) is 11.8 Å². The number of nitrogens with zero attached hydrogens (tertiary/aromatic N) is 8. The fourth-order valence-electron chi connectivity index (χ4n) is 9.79. The molecule has 6 aromatic carbocycles. The molecule has 0 saturated carbocycles. The van der Waals surface area contributed by atoms with Crippen molar-refractivity contribution in [3.8, 4) is 22.3 Å². The van der Waals surface area contributed by atoms with Gasteiger partial charge in [-0.05, 0) is 171 Å². The zero-order valence-electron chi connectivity index (χ0n) is 80.3. The highest BCUT2D eigenvalue weighted by atomic mass is 32.2. The van der Waals surface area contributed by atoms with Crippen LogP contribution in [-0.4, -0.2) is 103 Å². The molecular weight excluding hydrogens is 1280 g/mol. The number of hydrogen-bond donors (Lipinski definition) is 0. The normalized spacial score (nSPS) is 20.0. The van der Waals surface area contributed by atoms with Crippen molar-refractivity contribution in [2.75, 3.05) is 52.4 Å². The lowest BCUT2D eigenvalue weighted by Gasteiger charge is -2.33. The van der Waals surface area contributed by atoms with Gasteiger partial charge >= 0.3 is 12.4 Å². The van der Waals surface area contributed by atoms with Gasteiger partial charge in [-0.15, -0.1) is 0 Å². The molecule has 0 bridgehead atoms. The quantitative estimate of drug-likeness (QED) is 0.0295. The number of halogens is 8. The number of likely N-dealkylation sites (N-methyl/N-ethyl adjacent to an activating group) is 2. The van der Waals surface area contributed by atoms with Gasteiger partial charge in [-0.1, -0.05) is 148 Å². The molecule has 8 aromatic rings. The lowest BCUT2D eigenvalue weighted by molar-refractivity contribution is -0.138. The van der Waals surface area contributed by atoms with E-state index in [2.05, 4.69) is 9.97 Å². The number of hydrogen-bond acceptors (Lipinski definition) is 10. The summed E-state index contributed by atoms with van der Waals surface area (Å²) in [6.07, 6.45) is -20.2. The van der Waals surface area contributed by atoms with E-state index in [0.717, 1.165) is 52.8 Å². The van der Waals surface area contributed by atoms with E-state index in [-0.39, 0.29) is 101 Å². The first-order valence-electron chi connectivity index (χ1n) is 43.8. The second-order valence-electron chi connectivity index (χ2n) is 21.1. The van der Waals surface area contributed by atoms with Crippen LogP contribution < -0.4 is 11.1 Å². The van der Waals surface area contributed by atoms with Crippen LogP contribution in [0.15, 0.2) is 159 Å². The first-order valence-corrected chi connectivity index (χ1v) is 31.4. The molecule has 0 spiro atoms. The summed E-state index contributed by atoms with van der Waals surface area (Å²) in [5, 5.41) is -1.87. The molecule has 0 saturated heterocycles. The lowest BCUT2D eigenvalue weighted by atomic mass is 9.98. The number of fused-ring (bicyclic) bond motifs is 2. The Morgan fingerprint density at radius 1 is 0.604 bits per heavy atom. The van der Waals surface area contributed by atoms with E-state index in [1.807, 2.05) is 18.7 Å². The first kappa shape index (κ1) is 43.4. The van der Waals surface area contributed by atoms with Crippen molar-refractivity contribution in [1.82, 2.24) is 38.7 Å². The molecule has 1 unspecified atom stereocenters. The van der Waals surface area contributed by atoms with Gasteiger partial charge in [0.05, 0.1) is 41.8 Å². The third-order valence-electron chi connectivity index (χ3n) is 15.1. The van der Waals surface area contributed by atoms with Gasteiger partial charge < -0.3 is 28.7 Å². The topological polar surface area (TPSA) is 117 Å². The molecule has 0 fully saturated rings. The Morgan fingerprint density at radius 3 is 1.74 bits per heavy atom. The van der Waals surface area contributed by atoms with E-state index in [0.29, 0.717) is 30.6 Å². The maximum atomic E-state index is 15.1. The third-order valence-corrected chi connectivity index (χ3v) is 16.7. The smallest absolute Gasteiger partial charge is 0.336 e. The van der Waals surface area contributed by atoms with Crippen LogP contribution in [0.5, 0.6) is 0 Å².